The van der Waals surface area contributed by atoms with Crippen molar-refractivity contribution in [3.05, 3.63) is 33.6 Å². The van der Waals surface area contributed by atoms with Crippen molar-refractivity contribution in [2.24, 2.45) is 0 Å². The third-order valence-electron chi connectivity index (χ3n) is 3.75. The minimum atomic E-state index is 0.183. The van der Waals surface area contributed by atoms with Gasteiger partial charge in [0.25, 0.3) is 0 Å². The van der Waals surface area contributed by atoms with Gasteiger partial charge in [-0.1, -0.05) is 19.4 Å². The lowest BCUT2D eigenvalue weighted by Crippen LogP contribution is -2.03. The number of ketones is 1. The van der Waals surface area contributed by atoms with E-state index in [2.05, 4.69) is 19.9 Å². The van der Waals surface area contributed by atoms with Crippen LogP contribution in [0.25, 0.3) is 5.57 Å². The molecular weight excluding hydrogens is 312 g/mol. The zero-order chi connectivity index (χ0) is 15.9. The van der Waals surface area contributed by atoms with E-state index in [4.69, 9.17) is 4.74 Å². The standard InChI is InChI=1S/C18H24O2S2/c1-4-5-7-16(19)15-12-14(8-9-17(15)20-3)13(2)18-21-10-6-11-22-18/h8-9,12H,4-7,10-11H2,1-3H3. The molecule has 1 fully saturated rings. The lowest BCUT2D eigenvalue weighted by atomic mass is 9.99. The maximum atomic E-state index is 12.4. The second-order valence-electron chi connectivity index (χ2n) is 5.40. The zero-order valence-electron chi connectivity index (χ0n) is 13.6. The van der Waals surface area contributed by atoms with Crippen LogP contribution in [0.15, 0.2) is 22.4 Å². The number of carbonyl (C=O) groups is 1. The molecule has 120 valence electrons. The van der Waals surface area contributed by atoms with Crippen LogP contribution in [-0.2, 0) is 0 Å². The number of allylic oxidation sites excluding steroid dienone is 1. The Morgan fingerprint density at radius 3 is 2.64 bits per heavy atom. The molecular formula is C18H24O2S2. The maximum absolute atomic E-state index is 12.4. The Balaban J connectivity index is 2.31. The van der Waals surface area contributed by atoms with Gasteiger partial charge < -0.3 is 4.74 Å². The molecule has 1 aromatic rings. The van der Waals surface area contributed by atoms with Crippen molar-refractivity contribution in [3.8, 4) is 5.75 Å². The fraction of sp³-hybridized carbons (Fsp3) is 0.500. The normalized spacial score (nSPS) is 14.8. The summed E-state index contributed by atoms with van der Waals surface area (Å²) >= 11 is 3.86. The molecule has 1 aliphatic heterocycles. The molecule has 22 heavy (non-hydrogen) atoms. The van der Waals surface area contributed by atoms with Gasteiger partial charge in [-0.2, -0.15) is 0 Å². The van der Waals surface area contributed by atoms with Gasteiger partial charge in [0.15, 0.2) is 5.78 Å². The quantitative estimate of drug-likeness (QED) is 0.629. The first kappa shape index (κ1) is 17.5. The van der Waals surface area contributed by atoms with Crippen LogP contribution in [0, 0.1) is 0 Å². The summed E-state index contributed by atoms with van der Waals surface area (Å²) in [5.74, 6) is 3.25. The van der Waals surface area contributed by atoms with Gasteiger partial charge in [-0.05, 0) is 54.5 Å². The van der Waals surface area contributed by atoms with Crippen molar-refractivity contribution in [1.29, 1.82) is 0 Å². The highest BCUT2D eigenvalue weighted by atomic mass is 32.2. The first-order valence-electron chi connectivity index (χ1n) is 7.85. The van der Waals surface area contributed by atoms with Gasteiger partial charge >= 0.3 is 0 Å². The second-order valence-corrected chi connectivity index (χ2v) is 7.87. The summed E-state index contributed by atoms with van der Waals surface area (Å²) in [5, 5.41) is 0. The van der Waals surface area contributed by atoms with Gasteiger partial charge in [0, 0.05) is 10.7 Å². The SMILES string of the molecule is CCCCC(=O)c1cc(C(C)=C2SCCCS2)ccc1OC. The number of ether oxygens (including phenoxy) is 1. The van der Waals surface area contributed by atoms with E-state index in [1.165, 1.54) is 27.7 Å². The molecule has 0 saturated carbocycles. The summed E-state index contributed by atoms with van der Waals surface area (Å²) in [5.41, 5.74) is 3.14. The molecule has 0 spiro atoms. The van der Waals surface area contributed by atoms with Crippen LogP contribution in [0.4, 0.5) is 0 Å². The lowest BCUT2D eigenvalue weighted by Gasteiger charge is -2.17. The topological polar surface area (TPSA) is 26.3 Å². The van der Waals surface area contributed by atoms with Gasteiger partial charge in [0.1, 0.15) is 5.75 Å². The molecule has 1 saturated heterocycles. The predicted molar refractivity (Wildman–Crippen MR) is 99.0 cm³/mol. The fourth-order valence-electron chi connectivity index (χ4n) is 2.40. The molecule has 0 radical (unpaired) electrons. The summed E-state index contributed by atoms with van der Waals surface area (Å²) in [4.78, 5) is 12.4. The monoisotopic (exact) mass is 336 g/mol. The third kappa shape index (κ3) is 4.32. The first-order valence-corrected chi connectivity index (χ1v) is 9.82. The number of Topliss-reactive ketones (excluding diaryl/α,β-unsaturated/α-hetero) is 1. The Morgan fingerprint density at radius 1 is 1.27 bits per heavy atom. The summed E-state index contributed by atoms with van der Waals surface area (Å²) in [6.45, 7) is 4.26. The van der Waals surface area contributed by atoms with Crippen LogP contribution in [0.1, 0.15) is 55.5 Å². The van der Waals surface area contributed by atoms with Crippen molar-refractivity contribution in [2.75, 3.05) is 18.6 Å². The average molecular weight is 337 g/mol. The highest BCUT2D eigenvalue weighted by molar-refractivity contribution is 8.23. The molecule has 1 aliphatic rings. The van der Waals surface area contributed by atoms with Crippen molar-refractivity contribution >= 4 is 34.9 Å². The van der Waals surface area contributed by atoms with E-state index >= 15 is 0 Å². The van der Waals surface area contributed by atoms with E-state index in [1.807, 2.05) is 35.7 Å². The summed E-state index contributed by atoms with van der Waals surface area (Å²) in [6, 6.07) is 6.00. The van der Waals surface area contributed by atoms with Crippen molar-refractivity contribution < 1.29 is 9.53 Å². The molecule has 0 amide bonds. The molecule has 0 unspecified atom stereocenters. The number of hydrogen-bond donors (Lipinski definition) is 0. The van der Waals surface area contributed by atoms with Gasteiger partial charge in [-0.15, -0.1) is 23.5 Å². The number of hydrogen-bond acceptors (Lipinski definition) is 4. The Bertz CT molecular complexity index is 556. The molecule has 0 aliphatic carbocycles. The van der Waals surface area contributed by atoms with E-state index in [-0.39, 0.29) is 5.78 Å². The summed E-state index contributed by atoms with van der Waals surface area (Å²) in [6.07, 6.45) is 3.83. The van der Waals surface area contributed by atoms with Gasteiger partial charge in [-0.25, -0.2) is 0 Å². The van der Waals surface area contributed by atoms with E-state index < -0.39 is 0 Å². The van der Waals surface area contributed by atoms with Crippen LogP contribution in [-0.4, -0.2) is 24.4 Å². The van der Waals surface area contributed by atoms with Gasteiger partial charge in [0.05, 0.1) is 12.7 Å². The van der Waals surface area contributed by atoms with E-state index in [0.717, 1.165) is 24.0 Å². The predicted octanol–water partition coefficient (Wildman–Crippen LogP) is 5.63. The van der Waals surface area contributed by atoms with Gasteiger partial charge in [-0.3, -0.25) is 4.79 Å². The number of carbonyl (C=O) groups excluding carboxylic acids is 1. The fourth-order valence-corrected chi connectivity index (χ4v) is 5.03. The van der Waals surface area contributed by atoms with Crippen LogP contribution >= 0.6 is 23.5 Å². The summed E-state index contributed by atoms with van der Waals surface area (Å²) < 4.78 is 6.77. The third-order valence-corrected chi connectivity index (χ3v) is 6.58. The maximum Gasteiger partial charge on any atom is 0.166 e. The Kier molecular flexibility index (Phi) is 6.90. The highest BCUT2D eigenvalue weighted by Gasteiger charge is 2.16. The minimum Gasteiger partial charge on any atom is -0.496 e. The Morgan fingerprint density at radius 2 is 2.00 bits per heavy atom. The van der Waals surface area contributed by atoms with E-state index in [0.29, 0.717) is 12.2 Å². The number of unbranched alkanes of at least 4 members (excludes halogenated alkanes) is 1. The van der Waals surface area contributed by atoms with Gasteiger partial charge in [0.2, 0.25) is 0 Å². The number of methoxy groups -OCH3 is 1. The van der Waals surface area contributed by atoms with E-state index in [9.17, 15) is 4.79 Å². The second kappa shape index (κ2) is 8.68. The number of benzene rings is 1. The van der Waals surface area contributed by atoms with Crippen LogP contribution in [0.3, 0.4) is 0 Å². The van der Waals surface area contributed by atoms with Crippen molar-refractivity contribution in [2.45, 2.75) is 39.5 Å². The smallest absolute Gasteiger partial charge is 0.166 e. The highest BCUT2D eigenvalue weighted by Crippen LogP contribution is 2.40. The molecule has 2 nitrogen and oxygen atoms in total. The Labute approximate surface area is 142 Å². The molecule has 0 aromatic heterocycles. The van der Waals surface area contributed by atoms with Crippen molar-refractivity contribution in [1.82, 2.24) is 0 Å². The van der Waals surface area contributed by atoms with Crippen LogP contribution < -0.4 is 4.74 Å². The first-order chi connectivity index (χ1) is 10.7. The molecule has 1 aromatic carbocycles. The number of rotatable bonds is 6. The Hall–Kier alpha value is -0.870. The van der Waals surface area contributed by atoms with Crippen molar-refractivity contribution in [3.63, 3.8) is 0 Å². The van der Waals surface area contributed by atoms with E-state index in [1.54, 1.807) is 7.11 Å². The largest absolute Gasteiger partial charge is 0.496 e. The molecule has 0 N–H and O–H groups in total. The lowest BCUT2D eigenvalue weighted by molar-refractivity contribution is 0.0977. The molecule has 1 heterocycles. The molecule has 0 atom stereocenters. The summed E-state index contributed by atoms with van der Waals surface area (Å²) in [7, 11) is 1.63. The zero-order valence-corrected chi connectivity index (χ0v) is 15.2. The molecule has 4 heteroatoms. The van der Waals surface area contributed by atoms with Crippen LogP contribution in [0.5, 0.6) is 5.75 Å². The van der Waals surface area contributed by atoms with Crippen LogP contribution in [0.2, 0.25) is 0 Å². The molecule has 2 rings (SSSR count). The number of thioether (sulfide) groups is 2. The molecule has 0 bridgehead atoms. The minimum absolute atomic E-state index is 0.183. The average Bonchev–Trinajstić information content (AvgIpc) is 2.59.